The second kappa shape index (κ2) is 5.19. The lowest BCUT2D eigenvalue weighted by atomic mass is 10.1. The highest BCUT2D eigenvalue weighted by Gasteiger charge is 2.24. The first kappa shape index (κ1) is 12.6. The lowest BCUT2D eigenvalue weighted by molar-refractivity contribution is 0.0655. The van der Waals surface area contributed by atoms with Gasteiger partial charge in [0.15, 0.2) is 0 Å². The van der Waals surface area contributed by atoms with Gasteiger partial charge in [0.1, 0.15) is 0 Å². The third kappa shape index (κ3) is 2.69. The third-order valence-corrected chi connectivity index (χ3v) is 3.69. The number of aryl methyl sites for hydroxylation is 1. The summed E-state index contributed by atoms with van der Waals surface area (Å²) in [7, 11) is 0. The van der Waals surface area contributed by atoms with Gasteiger partial charge in [-0.15, -0.1) is 0 Å². The number of amides is 1. The zero-order valence-corrected chi connectivity index (χ0v) is 11.8. The number of hydrogen-bond donors (Lipinski definition) is 1. The van der Waals surface area contributed by atoms with Crippen LogP contribution in [0.4, 0.5) is 0 Å². The number of benzene rings is 1. The molecule has 0 aromatic heterocycles. The Kier molecular flexibility index (Phi) is 3.84. The Morgan fingerprint density at radius 3 is 3.00 bits per heavy atom. The van der Waals surface area contributed by atoms with Crippen LogP contribution in [0.15, 0.2) is 22.7 Å². The van der Waals surface area contributed by atoms with Gasteiger partial charge >= 0.3 is 0 Å². The fourth-order valence-electron chi connectivity index (χ4n) is 2.12. The van der Waals surface area contributed by atoms with E-state index >= 15 is 0 Å². The summed E-state index contributed by atoms with van der Waals surface area (Å²) in [6, 6.07) is 6.11. The summed E-state index contributed by atoms with van der Waals surface area (Å²) < 4.78 is 0.953. The number of halogens is 1. The van der Waals surface area contributed by atoms with E-state index in [4.69, 9.17) is 0 Å². The second-order valence-electron chi connectivity index (χ2n) is 4.51. The van der Waals surface area contributed by atoms with Crippen LogP contribution in [0.25, 0.3) is 0 Å². The molecule has 17 heavy (non-hydrogen) atoms. The average molecular weight is 297 g/mol. The van der Waals surface area contributed by atoms with Crippen LogP contribution >= 0.6 is 15.9 Å². The molecule has 2 rings (SSSR count). The molecule has 0 radical (unpaired) electrons. The predicted molar refractivity (Wildman–Crippen MR) is 72.2 cm³/mol. The molecular weight excluding hydrogens is 280 g/mol. The van der Waals surface area contributed by atoms with Gasteiger partial charge < -0.3 is 10.2 Å². The van der Waals surface area contributed by atoms with Gasteiger partial charge in [-0.3, -0.25) is 4.79 Å². The SMILES string of the molecule is Cc1ccc(Br)cc1C(=O)N1CCNCC1C. The molecule has 0 saturated carbocycles. The molecule has 1 aromatic rings. The Labute approximate surface area is 110 Å². The van der Waals surface area contributed by atoms with Crippen LogP contribution in [0.2, 0.25) is 0 Å². The maximum absolute atomic E-state index is 12.5. The molecule has 1 amide bonds. The van der Waals surface area contributed by atoms with E-state index in [1.807, 2.05) is 30.0 Å². The molecule has 1 N–H and O–H groups in total. The standard InChI is InChI=1S/C13H17BrN2O/c1-9-3-4-11(14)7-12(9)13(17)16-6-5-15-8-10(16)2/h3-4,7,10,15H,5-6,8H2,1-2H3. The molecule has 1 heterocycles. The van der Waals surface area contributed by atoms with Crippen LogP contribution < -0.4 is 5.32 Å². The maximum atomic E-state index is 12.5. The molecule has 1 atom stereocenters. The van der Waals surface area contributed by atoms with Crippen molar-refractivity contribution in [2.24, 2.45) is 0 Å². The molecule has 1 fully saturated rings. The van der Waals surface area contributed by atoms with Gasteiger partial charge in [0.25, 0.3) is 5.91 Å². The molecule has 4 heteroatoms. The van der Waals surface area contributed by atoms with Crippen molar-refractivity contribution in [1.29, 1.82) is 0 Å². The van der Waals surface area contributed by atoms with Gasteiger partial charge in [-0.2, -0.15) is 0 Å². The van der Waals surface area contributed by atoms with E-state index in [-0.39, 0.29) is 11.9 Å². The molecule has 0 aliphatic carbocycles. The minimum Gasteiger partial charge on any atom is -0.333 e. The number of hydrogen-bond acceptors (Lipinski definition) is 2. The first-order valence-electron chi connectivity index (χ1n) is 5.87. The monoisotopic (exact) mass is 296 g/mol. The number of piperazine rings is 1. The van der Waals surface area contributed by atoms with E-state index < -0.39 is 0 Å². The topological polar surface area (TPSA) is 32.3 Å². The zero-order chi connectivity index (χ0) is 12.4. The van der Waals surface area contributed by atoms with E-state index in [2.05, 4.69) is 28.2 Å². The number of nitrogens with zero attached hydrogens (tertiary/aromatic N) is 1. The second-order valence-corrected chi connectivity index (χ2v) is 5.43. The van der Waals surface area contributed by atoms with Gasteiger partial charge in [0.05, 0.1) is 0 Å². The van der Waals surface area contributed by atoms with Crippen molar-refractivity contribution in [3.05, 3.63) is 33.8 Å². The van der Waals surface area contributed by atoms with Crippen LogP contribution in [0.5, 0.6) is 0 Å². The Bertz CT molecular complexity index is 433. The highest BCUT2D eigenvalue weighted by atomic mass is 79.9. The predicted octanol–water partition coefficient (Wildman–Crippen LogP) is 2.19. The molecule has 92 valence electrons. The molecule has 1 aromatic carbocycles. The van der Waals surface area contributed by atoms with Crippen LogP contribution in [0.3, 0.4) is 0 Å². The molecule has 0 spiro atoms. The summed E-state index contributed by atoms with van der Waals surface area (Å²) in [5, 5.41) is 3.29. The number of rotatable bonds is 1. The van der Waals surface area contributed by atoms with Gasteiger partial charge in [0, 0.05) is 35.7 Å². The lowest BCUT2D eigenvalue weighted by Crippen LogP contribution is -2.52. The van der Waals surface area contributed by atoms with Gasteiger partial charge in [-0.05, 0) is 31.5 Å². The summed E-state index contributed by atoms with van der Waals surface area (Å²) in [5.74, 6) is 0.137. The minimum absolute atomic E-state index is 0.137. The smallest absolute Gasteiger partial charge is 0.254 e. The summed E-state index contributed by atoms with van der Waals surface area (Å²) in [4.78, 5) is 14.4. The Balaban J connectivity index is 2.26. The Morgan fingerprint density at radius 1 is 1.53 bits per heavy atom. The molecule has 3 nitrogen and oxygen atoms in total. The largest absolute Gasteiger partial charge is 0.333 e. The van der Waals surface area contributed by atoms with Crippen molar-refractivity contribution in [2.45, 2.75) is 19.9 Å². The van der Waals surface area contributed by atoms with E-state index in [9.17, 15) is 4.79 Å². The fraction of sp³-hybridized carbons (Fsp3) is 0.462. The summed E-state index contributed by atoms with van der Waals surface area (Å²) in [5.41, 5.74) is 1.83. The Hall–Kier alpha value is -0.870. The van der Waals surface area contributed by atoms with Gasteiger partial charge in [-0.25, -0.2) is 0 Å². The molecular formula is C13H17BrN2O. The van der Waals surface area contributed by atoms with Crippen LogP contribution in [-0.4, -0.2) is 36.5 Å². The molecule has 1 aliphatic rings. The van der Waals surface area contributed by atoms with E-state index in [0.717, 1.165) is 35.2 Å². The van der Waals surface area contributed by atoms with Gasteiger partial charge in [-0.1, -0.05) is 22.0 Å². The van der Waals surface area contributed by atoms with Crippen LogP contribution in [0, 0.1) is 6.92 Å². The first-order valence-corrected chi connectivity index (χ1v) is 6.66. The van der Waals surface area contributed by atoms with E-state index in [1.165, 1.54) is 0 Å². The fourth-order valence-corrected chi connectivity index (χ4v) is 2.48. The molecule has 1 saturated heterocycles. The van der Waals surface area contributed by atoms with E-state index in [1.54, 1.807) is 0 Å². The summed E-state index contributed by atoms with van der Waals surface area (Å²) in [6.45, 7) is 6.60. The maximum Gasteiger partial charge on any atom is 0.254 e. The normalized spacial score (nSPS) is 20.4. The molecule has 0 bridgehead atoms. The van der Waals surface area contributed by atoms with Crippen molar-refractivity contribution in [2.75, 3.05) is 19.6 Å². The number of nitrogens with one attached hydrogen (secondary N) is 1. The third-order valence-electron chi connectivity index (χ3n) is 3.19. The first-order chi connectivity index (χ1) is 8.09. The van der Waals surface area contributed by atoms with Gasteiger partial charge in [0.2, 0.25) is 0 Å². The number of carbonyl (C=O) groups excluding carboxylic acids is 1. The highest BCUT2D eigenvalue weighted by Crippen LogP contribution is 2.19. The van der Waals surface area contributed by atoms with Crippen molar-refractivity contribution in [3.63, 3.8) is 0 Å². The quantitative estimate of drug-likeness (QED) is 0.862. The summed E-state index contributed by atoms with van der Waals surface area (Å²) >= 11 is 3.42. The lowest BCUT2D eigenvalue weighted by Gasteiger charge is -2.34. The number of carbonyl (C=O) groups is 1. The van der Waals surface area contributed by atoms with Crippen molar-refractivity contribution in [3.8, 4) is 0 Å². The minimum atomic E-state index is 0.137. The van der Waals surface area contributed by atoms with Crippen molar-refractivity contribution in [1.82, 2.24) is 10.2 Å². The summed E-state index contributed by atoms with van der Waals surface area (Å²) in [6.07, 6.45) is 0. The highest BCUT2D eigenvalue weighted by molar-refractivity contribution is 9.10. The van der Waals surface area contributed by atoms with Crippen LogP contribution in [0.1, 0.15) is 22.8 Å². The van der Waals surface area contributed by atoms with Crippen molar-refractivity contribution < 1.29 is 4.79 Å². The average Bonchev–Trinajstić information content (AvgIpc) is 2.32. The molecule has 1 unspecified atom stereocenters. The van der Waals surface area contributed by atoms with Crippen LogP contribution in [-0.2, 0) is 0 Å². The molecule has 1 aliphatic heterocycles. The Morgan fingerprint density at radius 2 is 2.29 bits per heavy atom. The van der Waals surface area contributed by atoms with E-state index in [0.29, 0.717) is 0 Å². The van der Waals surface area contributed by atoms with Crippen molar-refractivity contribution >= 4 is 21.8 Å². The zero-order valence-electron chi connectivity index (χ0n) is 10.2.